The van der Waals surface area contributed by atoms with Gasteiger partial charge in [-0.05, 0) is 42.7 Å². The van der Waals surface area contributed by atoms with Crippen LogP contribution < -0.4 is 5.73 Å². The van der Waals surface area contributed by atoms with Gasteiger partial charge in [0.05, 0.1) is 0 Å². The number of nitrogens with two attached hydrogens (primary N) is 1. The predicted octanol–water partition coefficient (Wildman–Crippen LogP) is 4.51. The van der Waals surface area contributed by atoms with Crippen molar-refractivity contribution >= 4 is 22.5 Å². The second-order valence-corrected chi connectivity index (χ2v) is 6.45. The maximum absolute atomic E-state index is 6.31. The molecular weight excluding hydrogens is 292 g/mol. The summed E-state index contributed by atoms with van der Waals surface area (Å²) in [6.45, 7) is 2.09. The summed E-state index contributed by atoms with van der Waals surface area (Å²) in [5, 5.41) is 2.06. The van der Waals surface area contributed by atoms with Gasteiger partial charge in [-0.25, -0.2) is 0 Å². The van der Waals surface area contributed by atoms with Crippen LogP contribution >= 0.6 is 11.6 Å². The molecular formula is C19H21ClN2. The summed E-state index contributed by atoms with van der Waals surface area (Å²) in [6, 6.07) is 16.6. The molecule has 0 saturated carbocycles. The Balaban J connectivity index is 2.01. The molecule has 114 valence electrons. The van der Waals surface area contributed by atoms with Gasteiger partial charge in [-0.3, -0.25) is 0 Å². The highest BCUT2D eigenvalue weighted by atomic mass is 35.5. The first-order valence-electron chi connectivity index (χ1n) is 7.60. The molecule has 2 nitrogen and oxygen atoms in total. The van der Waals surface area contributed by atoms with Crippen molar-refractivity contribution in [3.8, 4) is 0 Å². The van der Waals surface area contributed by atoms with E-state index in [-0.39, 0.29) is 12.0 Å². The monoisotopic (exact) mass is 312 g/mol. The van der Waals surface area contributed by atoms with E-state index in [0.717, 1.165) is 11.4 Å². The van der Waals surface area contributed by atoms with Crippen molar-refractivity contribution in [1.82, 2.24) is 4.57 Å². The van der Waals surface area contributed by atoms with Crippen molar-refractivity contribution in [1.29, 1.82) is 0 Å². The summed E-state index contributed by atoms with van der Waals surface area (Å²) in [6.07, 6.45) is 3.14. The van der Waals surface area contributed by atoms with Crippen LogP contribution in [0.3, 0.4) is 0 Å². The van der Waals surface area contributed by atoms with Crippen molar-refractivity contribution < 1.29 is 0 Å². The van der Waals surface area contributed by atoms with Crippen LogP contribution in [-0.2, 0) is 13.5 Å². The minimum Gasteiger partial charge on any atom is -0.350 e. The fraction of sp³-hybridized carbons (Fsp3) is 0.263. The molecule has 0 radical (unpaired) electrons. The number of halogens is 1. The standard InChI is InChI=1S/C19H21ClN2/c1-13(21)17(11-14-7-9-15(20)10-8-14)18-12-22(2)19-6-4-3-5-16(18)19/h3-10,12-13,17H,11,21H2,1-2H3. The molecule has 2 N–H and O–H groups in total. The quantitative estimate of drug-likeness (QED) is 0.755. The van der Waals surface area contributed by atoms with Crippen LogP contribution in [-0.4, -0.2) is 10.6 Å². The molecule has 22 heavy (non-hydrogen) atoms. The molecule has 0 bridgehead atoms. The fourth-order valence-corrected chi connectivity index (χ4v) is 3.25. The van der Waals surface area contributed by atoms with Gasteiger partial charge in [0.2, 0.25) is 0 Å². The van der Waals surface area contributed by atoms with Crippen LogP contribution in [0.1, 0.15) is 24.0 Å². The third kappa shape index (κ3) is 2.90. The minimum atomic E-state index is 0.0847. The Bertz CT molecular complexity index is 772. The highest BCUT2D eigenvalue weighted by Gasteiger charge is 2.21. The molecule has 2 aromatic carbocycles. The number of para-hydroxylation sites is 1. The van der Waals surface area contributed by atoms with Crippen molar-refractivity contribution in [2.75, 3.05) is 0 Å². The fourth-order valence-electron chi connectivity index (χ4n) is 3.12. The van der Waals surface area contributed by atoms with Crippen molar-refractivity contribution in [2.45, 2.75) is 25.3 Å². The molecule has 0 aliphatic rings. The van der Waals surface area contributed by atoms with E-state index in [2.05, 4.69) is 61.1 Å². The van der Waals surface area contributed by atoms with Gasteiger partial charge >= 0.3 is 0 Å². The van der Waals surface area contributed by atoms with E-state index in [4.69, 9.17) is 17.3 Å². The number of fused-ring (bicyclic) bond motifs is 1. The van der Waals surface area contributed by atoms with Gasteiger partial charge in [-0.15, -0.1) is 0 Å². The van der Waals surface area contributed by atoms with Gasteiger partial charge < -0.3 is 10.3 Å². The van der Waals surface area contributed by atoms with Crippen LogP contribution in [0.5, 0.6) is 0 Å². The van der Waals surface area contributed by atoms with E-state index in [1.54, 1.807) is 0 Å². The molecule has 2 unspecified atom stereocenters. The zero-order valence-corrected chi connectivity index (χ0v) is 13.7. The summed E-state index contributed by atoms with van der Waals surface area (Å²) in [4.78, 5) is 0. The zero-order chi connectivity index (χ0) is 15.7. The second-order valence-electron chi connectivity index (χ2n) is 6.01. The average molecular weight is 313 g/mol. The van der Waals surface area contributed by atoms with Crippen LogP contribution in [0.4, 0.5) is 0 Å². The number of hydrogen-bond acceptors (Lipinski definition) is 1. The topological polar surface area (TPSA) is 30.9 Å². The molecule has 0 fully saturated rings. The van der Waals surface area contributed by atoms with Crippen molar-refractivity contribution in [3.63, 3.8) is 0 Å². The second kappa shape index (κ2) is 6.15. The van der Waals surface area contributed by atoms with E-state index in [0.29, 0.717) is 0 Å². The Hall–Kier alpha value is -1.77. The number of hydrogen-bond donors (Lipinski definition) is 1. The van der Waals surface area contributed by atoms with E-state index in [9.17, 15) is 0 Å². The van der Waals surface area contributed by atoms with E-state index in [1.807, 2.05) is 12.1 Å². The summed E-state index contributed by atoms with van der Waals surface area (Å²) in [7, 11) is 2.09. The Morgan fingerprint density at radius 3 is 2.45 bits per heavy atom. The normalized spacial score (nSPS) is 14.2. The van der Waals surface area contributed by atoms with E-state index >= 15 is 0 Å². The maximum Gasteiger partial charge on any atom is 0.0480 e. The molecule has 1 aromatic heterocycles. The first-order valence-corrected chi connectivity index (χ1v) is 7.98. The lowest BCUT2D eigenvalue weighted by atomic mass is 9.87. The third-order valence-electron chi connectivity index (χ3n) is 4.33. The maximum atomic E-state index is 6.31. The predicted molar refractivity (Wildman–Crippen MR) is 94.5 cm³/mol. The molecule has 0 aliphatic heterocycles. The van der Waals surface area contributed by atoms with Crippen LogP contribution in [0, 0.1) is 0 Å². The number of nitrogens with zero attached hydrogens (tertiary/aromatic N) is 1. The first-order chi connectivity index (χ1) is 10.6. The van der Waals surface area contributed by atoms with Crippen LogP contribution in [0.25, 0.3) is 10.9 Å². The van der Waals surface area contributed by atoms with Crippen molar-refractivity contribution in [3.05, 3.63) is 70.9 Å². The van der Waals surface area contributed by atoms with E-state index in [1.165, 1.54) is 22.0 Å². The third-order valence-corrected chi connectivity index (χ3v) is 4.58. The lowest BCUT2D eigenvalue weighted by Gasteiger charge is -2.21. The van der Waals surface area contributed by atoms with Crippen molar-refractivity contribution in [2.24, 2.45) is 12.8 Å². The smallest absolute Gasteiger partial charge is 0.0480 e. The van der Waals surface area contributed by atoms with Gasteiger partial charge in [0.15, 0.2) is 0 Å². The van der Waals surface area contributed by atoms with Gasteiger partial charge in [0, 0.05) is 41.1 Å². The molecule has 1 heterocycles. The zero-order valence-electron chi connectivity index (χ0n) is 13.0. The van der Waals surface area contributed by atoms with Gasteiger partial charge in [-0.1, -0.05) is 41.9 Å². The molecule has 3 rings (SSSR count). The number of aromatic nitrogens is 1. The molecule has 3 aromatic rings. The van der Waals surface area contributed by atoms with E-state index < -0.39 is 0 Å². The largest absolute Gasteiger partial charge is 0.350 e. The Morgan fingerprint density at radius 1 is 1.09 bits per heavy atom. The molecule has 0 amide bonds. The Kier molecular flexibility index (Phi) is 4.23. The average Bonchev–Trinajstić information content (AvgIpc) is 2.84. The Morgan fingerprint density at radius 2 is 1.77 bits per heavy atom. The SMILES string of the molecule is CC(N)C(Cc1ccc(Cl)cc1)c1cn(C)c2ccccc12. The minimum absolute atomic E-state index is 0.0847. The molecule has 2 atom stereocenters. The highest BCUT2D eigenvalue weighted by Crippen LogP contribution is 2.31. The molecule has 3 heteroatoms. The Labute approximate surface area is 136 Å². The van der Waals surface area contributed by atoms with Gasteiger partial charge in [-0.2, -0.15) is 0 Å². The molecule has 0 aliphatic carbocycles. The lowest BCUT2D eigenvalue weighted by molar-refractivity contribution is 0.567. The van der Waals surface area contributed by atoms with Crippen LogP contribution in [0.2, 0.25) is 5.02 Å². The first kappa shape index (κ1) is 15.1. The molecule has 0 saturated heterocycles. The van der Waals surface area contributed by atoms with Gasteiger partial charge in [0.1, 0.15) is 0 Å². The lowest BCUT2D eigenvalue weighted by Crippen LogP contribution is -2.26. The van der Waals surface area contributed by atoms with Crippen LogP contribution in [0.15, 0.2) is 54.7 Å². The molecule has 0 spiro atoms. The summed E-state index contributed by atoms with van der Waals surface area (Å²) in [5.74, 6) is 0.285. The summed E-state index contributed by atoms with van der Waals surface area (Å²) < 4.78 is 2.18. The number of rotatable bonds is 4. The number of aryl methyl sites for hydroxylation is 1. The summed E-state index contributed by atoms with van der Waals surface area (Å²) in [5.41, 5.74) is 10.1. The highest BCUT2D eigenvalue weighted by molar-refractivity contribution is 6.30. The summed E-state index contributed by atoms with van der Waals surface area (Å²) >= 11 is 5.98. The number of benzene rings is 2. The van der Waals surface area contributed by atoms with Gasteiger partial charge in [0.25, 0.3) is 0 Å².